The first kappa shape index (κ1) is 22.2. The molecular weight excluding hydrogens is 358 g/mol. The monoisotopic (exact) mass is 389 g/mol. The number of benzene rings is 2. The summed E-state index contributed by atoms with van der Waals surface area (Å²) >= 11 is 0. The molecule has 2 aromatic rings. The minimum atomic E-state index is 0.529. The van der Waals surface area contributed by atoms with Crippen molar-refractivity contribution in [3.8, 4) is 5.75 Å². The van der Waals surface area contributed by atoms with Crippen molar-refractivity contribution < 1.29 is 4.74 Å². The van der Waals surface area contributed by atoms with Crippen LogP contribution < -0.4 is 10.1 Å². The Morgan fingerprint density at radius 1 is 1.10 bits per heavy atom. The lowest BCUT2D eigenvalue weighted by atomic mass is 10.2. The number of ether oxygens (including phenoxy) is 1. The highest BCUT2D eigenvalue weighted by Crippen LogP contribution is 2.15. The number of hydrogen-bond donors (Lipinski definition) is 1. The van der Waals surface area contributed by atoms with Crippen LogP contribution in [0.1, 0.15) is 17.5 Å². The molecule has 4 nitrogen and oxygen atoms in total. The normalized spacial score (nSPS) is 11.2. The summed E-state index contributed by atoms with van der Waals surface area (Å²) in [5.74, 6) is 0.867. The fourth-order valence-corrected chi connectivity index (χ4v) is 2.75. The number of nitrogens with zero attached hydrogens (tertiary/aromatic N) is 2. The van der Waals surface area contributed by atoms with E-state index in [1.54, 1.807) is 6.21 Å². The third-order valence-electron chi connectivity index (χ3n) is 4.12. The number of aliphatic imine (C=N–C) groups is 1. The van der Waals surface area contributed by atoms with Crippen LogP contribution in [-0.2, 0) is 6.54 Å². The van der Waals surface area contributed by atoms with E-state index in [0.717, 1.165) is 36.5 Å². The molecule has 0 fully saturated rings. The maximum absolute atomic E-state index is 5.67. The first-order valence-electron chi connectivity index (χ1n) is 9.84. The number of anilines is 1. The Kier molecular flexibility index (Phi) is 10.0. The maximum atomic E-state index is 5.67. The van der Waals surface area contributed by atoms with Gasteiger partial charge in [0.15, 0.2) is 0 Å². The molecule has 152 valence electrons. The number of allylic oxidation sites excluding steroid dienone is 1. The summed E-state index contributed by atoms with van der Waals surface area (Å²) in [6.45, 7) is 10.4. The van der Waals surface area contributed by atoms with Crippen LogP contribution in [0.3, 0.4) is 0 Å². The second-order valence-electron chi connectivity index (χ2n) is 6.71. The zero-order valence-corrected chi connectivity index (χ0v) is 17.3. The van der Waals surface area contributed by atoms with E-state index in [2.05, 4.69) is 59.7 Å². The highest BCUT2D eigenvalue weighted by Gasteiger charge is 1.99. The van der Waals surface area contributed by atoms with Gasteiger partial charge in [0.1, 0.15) is 12.4 Å². The highest BCUT2D eigenvalue weighted by molar-refractivity contribution is 5.78. The van der Waals surface area contributed by atoms with Crippen molar-refractivity contribution in [3.05, 3.63) is 91.0 Å². The Morgan fingerprint density at radius 2 is 1.97 bits per heavy atom. The fourth-order valence-electron chi connectivity index (χ4n) is 2.75. The third kappa shape index (κ3) is 9.08. The quantitative estimate of drug-likeness (QED) is 0.283. The van der Waals surface area contributed by atoms with Crippen LogP contribution >= 0.6 is 0 Å². The lowest BCUT2D eigenvalue weighted by Gasteiger charge is -2.15. The van der Waals surface area contributed by atoms with Crippen LogP contribution in [0.15, 0.2) is 84.9 Å². The van der Waals surface area contributed by atoms with Crippen molar-refractivity contribution in [3.63, 3.8) is 0 Å². The van der Waals surface area contributed by atoms with Gasteiger partial charge in [-0.05, 0) is 54.9 Å². The van der Waals surface area contributed by atoms with Gasteiger partial charge >= 0.3 is 0 Å². The second kappa shape index (κ2) is 13.1. The maximum Gasteiger partial charge on any atom is 0.119 e. The van der Waals surface area contributed by atoms with E-state index in [1.165, 1.54) is 5.56 Å². The van der Waals surface area contributed by atoms with Gasteiger partial charge in [-0.3, -0.25) is 9.89 Å². The van der Waals surface area contributed by atoms with Gasteiger partial charge in [0, 0.05) is 25.0 Å². The van der Waals surface area contributed by atoms with E-state index in [4.69, 9.17) is 4.74 Å². The molecule has 2 aromatic carbocycles. The molecule has 0 aliphatic carbocycles. The minimum Gasteiger partial charge on any atom is -0.493 e. The van der Waals surface area contributed by atoms with Gasteiger partial charge in [-0.2, -0.15) is 0 Å². The Hall–Kier alpha value is -3.11. The van der Waals surface area contributed by atoms with Crippen molar-refractivity contribution in [1.82, 2.24) is 4.90 Å². The van der Waals surface area contributed by atoms with Crippen LogP contribution in [-0.4, -0.2) is 38.0 Å². The summed E-state index contributed by atoms with van der Waals surface area (Å²) < 4.78 is 5.67. The minimum absolute atomic E-state index is 0.529. The van der Waals surface area contributed by atoms with Gasteiger partial charge < -0.3 is 10.1 Å². The van der Waals surface area contributed by atoms with Crippen LogP contribution in [0.4, 0.5) is 5.69 Å². The molecule has 0 heterocycles. The van der Waals surface area contributed by atoms with Crippen molar-refractivity contribution in [2.24, 2.45) is 4.99 Å². The molecule has 0 atom stereocenters. The van der Waals surface area contributed by atoms with Crippen LogP contribution in [0.2, 0.25) is 0 Å². The average Bonchev–Trinajstić information content (AvgIpc) is 2.71. The number of rotatable bonds is 13. The van der Waals surface area contributed by atoms with Crippen LogP contribution in [0.5, 0.6) is 5.75 Å². The lowest BCUT2D eigenvalue weighted by molar-refractivity contribution is 0.325. The molecule has 0 aromatic heterocycles. The summed E-state index contributed by atoms with van der Waals surface area (Å²) in [7, 11) is 2.08. The molecule has 2 rings (SSSR count). The van der Waals surface area contributed by atoms with E-state index in [9.17, 15) is 0 Å². The predicted octanol–water partition coefficient (Wildman–Crippen LogP) is 5.41. The molecule has 0 saturated carbocycles. The smallest absolute Gasteiger partial charge is 0.119 e. The van der Waals surface area contributed by atoms with Crippen molar-refractivity contribution >= 4 is 18.0 Å². The first-order valence-corrected chi connectivity index (χ1v) is 9.84. The van der Waals surface area contributed by atoms with E-state index >= 15 is 0 Å². The highest BCUT2D eigenvalue weighted by atomic mass is 16.5. The molecule has 0 unspecified atom stereocenters. The standard InChI is InChI=1S/C25H31N3O/c1-4-6-17-29-25-14-8-10-22(19-25)12-9-15-26-21-27-24-13-7-11-23(18-24)20-28(3)16-5-2/h4-5,7-15,18-19,27H,1-2,6,16-17,20-21H2,3H3/b12-9+,26-15-. The zero-order valence-electron chi connectivity index (χ0n) is 17.3. The zero-order chi connectivity index (χ0) is 20.7. The van der Waals surface area contributed by atoms with E-state index in [1.807, 2.05) is 48.6 Å². The van der Waals surface area contributed by atoms with Gasteiger partial charge in [0.2, 0.25) is 0 Å². The van der Waals surface area contributed by atoms with Crippen molar-refractivity contribution in [2.75, 3.05) is 32.2 Å². The summed E-state index contributed by atoms with van der Waals surface area (Å²) in [4.78, 5) is 6.61. The molecule has 0 saturated heterocycles. The molecule has 0 aliphatic heterocycles. The van der Waals surface area contributed by atoms with Gasteiger partial charge in [-0.1, -0.05) is 42.5 Å². The van der Waals surface area contributed by atoms with E-state index in [0.29, 0.717) is 13.3 Å². The Morgan fingerprint density at radius 3 is 2.79 bits per heavy atom. The van der Waals surface area contributed by atoms with E-state index in [-0.39, 0.29) is 0 Å². The lowest BCUT2D eigenvalue weighted by Crippen LogP contribution is -2.17. The van der Waals surface area contributed by atoms with Gasteiger partial charge in [-0.25, -0.2) is 0 Å². The number of hydrogen-bond acceptors (Lipinski definition) is 4. The molecule has 0 radical (unpaired) electrons. The van der Waals surface area contributed by atoms with Crippen LogP contribution in [0.25, 0.3) is 6.08 Å². The summed E-state index contributed by atoms with van der Waals surface area (Å²) in [5, 5.41) is 3.33. The molecule has 0 spiro atoms. The predicted molar refractivity (Wildman–Crippen MR) is 126 cm³/mol. The number of likely N-dealkylation sites (N-methyl/N-ethyl adjacent to an activating group) is 1. The first-order chi connectivity index (χ1) is 14.2. The molecule has 1 N–H and O–H groups in total. The Labute approximate surface area is 174 Å². The molecular formula is C25H31N3O. The van der Waals surface area contributed by atoms with Gasteiger partial charge in [0.25, 0.3) is 0 Å². The SMILES string of the molecule is C=CCCOc1cccc(/C=C/C=N\CNc2cccc(CN(C)CC=C)c2)c1. The molecule has 29 heavy (non-hydrogen) atoms. The molecule has 0 aliphatic rings. The fraction of sp³-hybridized carbons (Fsp3) is 0.240. The van der Waals surface area contributed by atoms with Gasteiger partial charge in [-0.15, -0.1) is 13.2 Å². The second-order valence-corrected chi connectivity index (χ2v) is 6.71. The molecule has 0 bridgehead atoms. The Bertz CT molecular complexity index is 826. The average molecular weight is 390 g/mol. The van der Waals surface area contributed by atoms with Crippen molar-refractivity contribution in [2.45, 2.75) is 13.0 Å². The molecule has 0 amide bonds. The van der Waals surface area contributed by atoms with E-state index < -0.39 is 0 Å². The topological polar surface area (TPSA) is 36.9 Å². The summed E-state index contributed by atoms with van der Waals surface area (Å²) in [6.07, 6.45) is 10.4. The van der Waals surface area contributed by atoms with Crippen LogP contribution in [0, 0.1) is 0 Å². The largest absolute Gasteiger partial charge is 0.493 e. The van der Waals surface area contributed by atoms with Crippen molar-refractivity contribution in [1.29, 1.82) is 0 Å². The number of nitrogens with one attached hydrogen (secondary N) is 1. The molecule has 4 heteroatoms. The third-order valence-corrected chi connectivity index (χ3v) is 4.12. The summed E-state index contributed by atoms with van der Waals surface area (Å²) in [6, 6.07) is 16.4. The Balaban J connectivity index is 1.78. The summed E-state index contributed by atoms with van der Waals surface area (Å²) in [5.41, 5.74) is 3.41. The van der Waals surface area contributed by atoms with Gasteiger partial charge in [0.05, 0.1) is 6.61 Å².